The number of aromatic hydroxyl groups is 1. The Morgan fingerprint density at radius 1 is 1.33 bits per heavy atom. The van der Waals surface area contributed by atoms with Crippen LogP contribution in [0.4, 0.5) is 0 Å². The molecular weight excluding hydrogens is 230 g/mol. The summed E-state index contributed by atoms with van der Waals surface area (Å²) in [6, 6.07) is 5.23. The number of aliphatic hydroxyl groups is 1. The van der Waals surface area contributed by atoms with Crippen LogP contribution in [0.15, 0.2) is 18.2 Å². The molecule has 0 aliphatic rings. The Labute approximate surface area is 109 Å². The van der Waals surface area contributed by atoms with Gasteiger partial charge in [0.05, 0.1) is 12.7 Å². The van der Waals surface area contributed by atoms with Crippen LogP contribution < -0.4 is 10.1 Å². The van der Waals surface area contributed by atoms with Crippen molar-refractivity contribution in [1.82, 2.24) is 5.32 Å². The van der Waals surface area contributed by atoms with Crippen LogP contribution in [0.1, 0.15) is 32.3 Å². The topological polar surface area (TPSA) is 61.7 Å². The lowest BCUT2D eigenvalue weighted by atomic mass is 10.1. The third kappa shape index (κ3) is 4.94. The molecule has 4 heteroatoms. The van der Waals surface area contributed by atoms with E-state index in [-0.39, 0.29) is 11.9 Å². The van der Waals surface area contributed by atoms with E-state index in [1.807, 2.05) is 19.9 Å². The third-order valence-corrected chi connectivity index (χ3v) is 2.80. The molecule has 0 heterocycles. The maximum Gasteiger partial charge on any atom is 0.120 e. The maximum absolute atomic E-state index is 9.71. The summed E-state index contributed by atoms with van der Waals surface area (Å²) in [7, 11) is 0. The molecule has 1 aromatic carbocycles. The first-order valence-electron chi connectivity index (χ1n) is 6.50. The highest BCUT2D eigenvalue weighted by Gasteiger charge is 2.04. The van der Waals surface area contributed by atoms with Gasteiger partial charge in [-0.2, -0.15) is 0 Å². The highest BCUT2D eigenvalue weighted by atomic mass is 16.5. The number of hydrogen-bond acceptors (Lipinski definition) is 4. The molecule has 102 valence electrons. The molecule has 0 amide bonds. The molecule has 3 N–H and O–H groups in total. The van der Waals surface area contributed by atoms with E-state index in [0.717, 1.165) is 30.7 Å². The summed E-state index contributed by atoms with van der Waals surface area (Å²) < 4.78 is 5.38. The molecule has 0 aliphatic heterocycles. The van der Waals surface area contributed by atoms with Gasteiger partial charge in [-0.1, -0.05) is 6.92 Å². The first kappa shape index (κ1) is 14.8. The van der Waals surface area contributed by atoms with E-state index in [2.05, 4.69) is 5.32 Å². The predicted molar refractivity (Wildman–Crippen MR) is 71.9 cm³/mol. The van der Waals surface area contributed by atoms with Crippen LogP contribution >= 0.6 is 0 Å². The lowest BCUT2D eigenvalue weighted by Crippen LogP contribution is -2.19. The number of benzene rings is 1. The average Bonchev–Trinajstić information content (AvgIpc) is 2.38. The summed E-state index contributed by atoms with van der Waals surface area (Å²) in [6.07, 6.45) is 1.25. The highest BCUT2D eigenvalue weighted by molar-refractivity contribution is 5.39. The summed E-state index contributed by atoms with van der Waals surface area (Å²) >= 11 is 0. The second-order valence-corrected chi connectivity index (χ2v) is 4.25. The van der Waals surface area contributed by atoms with Crippen LogP contribution in [-0.2, 0) is 6.54 Å². The Hall–Kier alpha value is -1.26. The van der Waals surface area contributed by atoms with E-state index < -0.39 is 0 Å². The molecule has 4 nitrogen and oxygen atoms in total. The first-order chi connectivity index (χ1) is 8.67. The molecule has 1 unspecified atom stereocenters. The first-order valence-corrected chi connectivity index (χ1v) is 6.50. The van der Waals surface area contributed by atoms with Crippen LogP contribution in [0.3, 0.4) is 0 Å². The lowest BCUT2D eigenvalue weighted by molar-refractivity contribution is 0.159. The van der Waals surface area contributed by atoms with E-state index in [1.165, 1.54) is 0 Å². The van der Waals surface area contributed by atoms with Crippen molar-refractivity contribution in [3.63, 3.8) is 0 Å². The minimum atomic E-state index is -0.249. The van der Waals surface area contributed by atoms with Crippen molar-refractivity contribution in [2.24, 2.45) is 0 Å². The fourth-order valence-corrected chi connectivity index (χ4v) is 1.66. The van der Waals surface area contributed by atoms with Gasteiger partial charge in [0.2, 0.25) is 0 Å². The summed E-state index contributed by atoms with van der Waals surface area (Å²) in [5.41, 5.74) is 0.812. The van der Waals surface area contributed by atoms with Crippen molar-refractivity contribution in [3.05, 3.63) is 23.8 Å². The average molecular weight is 253 g/mol. The Kier molecular flexibility index (Phi) is 6.54. The number of rotatable bonds is 8. The van der Waals surface area contributed by atoms with Crippen molar-refractivity contribution >= 4 is 0 Å². The van der Waals surface area contributed by atoms with Crippen molar-refractivity contribution in [2.45, 2.75) is 39.3 Å². The largest absolute Gasteiger partial charge is 0.508 e. The molecule has 0 aromatic heterocycles. The Morgan fingerprint density at radius 3 is 2.78 bits per heavy atom. The van der Waals surface area contributed by atoms with Crippen LogP contribution in [0.25, 0.3) is 0 Å². The van der Waals surface area contributed by atoms with E-state index in [0.29, 0.717) is 13.2 Å². The standard InChI is InChI=1S/C14H23NO3/c1-3-12(16)7-8-15-10-11-9-13(18-4-2)5-6-14(11)17/h5-6,9,12,15-17H,3-4,7-8,10H2,1-2H3. The predicted octanol–water partition coefficient (Wildman–Crippen LogP) is 2.04. The molecular formula is C14H23NO3. The molecule has 1 rings (SSSR count). The van der Waals surface area contributed by atoms with E-state index in [1.54, 1.807) is 12.1 Å². The molecule has 0 radical (unpaired) electrons. The van der Waals surface area contributed by atoms with Gasteiger partial charge in [-0.15, -0.1) is 0 Å². The molecule has 0 aliphatic carbocycles. The smallest absolute Gasteiger partial charge is 0.120 e. The third-order valence-electron chi connectivity index (χ3n) is 2.80. The van der Waals surface area contributed by atoms with Crippen LogP contribution in [0.2, 0.25) is 0 Å². The molecule has 0 saturated heterocycles. The van der Waals surface area contributed by atoms with Gasteiger partial charge >= 0.3 is 0 Å². The monoisotopic (exact) mass is 253 g/mol. The number of phenolic OH excluding ortho intramolecular Hbond substituents is 1. The normalized spacial score (nSPS) is 12.4. The molecule has 0 spiro atoms. The maximum atomic E-state index is 9.71. The molecule has 18 heavy (non-hydrogen) atoms. The van der Waals surface area contributed by atoms with Gasteiger partial charge in [0.15, 0.2) is 0 Å². The van der Waals surface area contributed by atoms with Crippen molar-refractivity contribution in [3.8, 4) is 11.5 Å². The van der Waals surface area contributed by atoms with Gasteiger partial charge in [0, 0.05) is 12.1 Å². The van der Waals surface area contributed by atoms with Gasteiger partial charge < -0.3 is 20.3 Å². The highest BCUT2D eigenvalue weighted by Crippen LogP contribution is 2.22. The van der Waals surface area contributed by atoms with Gasteiger partial charge in [-0.05, 0) is 44.5 Å². The fourth-order valence-electron chi connectivity index (χ4n) is 1.66. The van der Waals surface area contributed by atoms with Crippen LogP contribution in [-0.4, -0.2) is 29.5 Å². The van der Waals surface area contributed by atoms with Crippen LogP contribution in [0, 0.1) is 0 Å². The Morgan fingerprint density at radius 2 is 2.11 bits per heavy atom. The summed E-state index contributed by atoms with van der Waals surface area (Å²) in [4.78, 5) is 0. The second kappa shape index (κ2) is 7.95. The quantitative estimate of drug-likeness (QED) is 0.620. The second-order valence-electron chi connectivity index (χ2n) is 4.25. The number of hydrogen-bond donors (Lipinski definition) is 3. The lowest BCUT2D eigenvalue weighted by Gasteiger charge is -2.11. The van der Waals surface area contributed by atoms with Crippen molar-refractivity contribution in [1.29, 1.82) is 0 Å². The summed E-state index contributed by atoms with van der Waals surface area (Å²) in [5, 5.41) is 22.3. The number of aliphatic hydroxyl groups excluding tert-OH is 1. The molecule has 0 bridgehead atoms. The Bertz CT molecular complexity index is 355. The van der Waals surface area contributed by atoms with E-state index in [9.17, 15) is 10.2 Å². The number of phenols is 1. The molecule has 1 aromatic rings. The van der Waals surface area contributed by atoms with Crippen LogP contribution in [0.5, 0.6) is 11.5 Å². The Balaban J connectivity index is 2.43. The van der Waals surface area contributed by atoms with Gasteiger partial charge in [0.25, 0.3) is 0 Å². The minimum Gasteiger partial charge on any atom is -0.508 e. The van der Waals surface area contributed by atoms with Crippen molar-refractivity contribution < 1.29 is 14.9 Å². The van der Waals surface area contributed by atoms with E-state index >= 15 is 0 Å². The zero-order chi connectivity index (χ0) is 13.4. The van der Waals surface area contributed by atoms with Gasteiger partial charge in [0.1, 0.15) is 11.5 Å². The zero-order valence-corrected chi connectivity index (χ0v) is 11.1. The molecule has 0 fully saturated rings. The fraction of sp³-hybridized carbons (Fsp3) is 0.571. The number of ether oxygens (including phenoxy) is 1. The molecule has 1 atom stereocenters. The SMILES string of the molecule is CCOc1ccc(O)c(CNCCC(O)CC)c1. The zero-order valence-electron chi connectivity index (χ0n) is 11.1. The van der Waals surface area contributed by atoms with Crippen molar-refractivity contribution in [2.75, 3.05) is 13.2 Å². The van der Waals surface area contributed by atoms with Gasteiger partial charge in [-0.25, -0.2) is 0 Å². The summed E-state index contributed by atoms with van der Waals surface area (Å²) in [5.74, 6) is 1.03. The van der Waals surface area contributed by atoms with Gasteiger partial charge in [-0.3, -0.25) is 0 Å². The summed E-state index contributed by atoms with van der Waals surface area (Å²) in [6.45, 7) is 5.80. The molecule has 0 saturated carbocycles. The number of nitrogens with one attached hydrogen (secondary N) is 1. The minimum absolute atomic E-state index is 0.249. The van der Waals surface area contributed by atoms with E-state index in [4.69, 9.17) is 4.74 Å².